The van der Waals surface area contributed by atoms with Gasteiger partial charge in [-0.05, 0) is 194 Å². The molecule has 0 saturated heterocycles. The molecule has 0 radical (unpaired) electrons. The highest BCUT2D eigenvalue weighted by Crippen LogP contribution is 2.54. The molecule has 0 bridgehead atoms. The number of hydrogen-bond acceptors (Lipinski definition) is 4. The number of fused-ring (bicyclic) bond motifs is 9. The largest absolute Gasteiger partial charge is 0.456 e. The summed E-state index contributed by atoms with van der Waals surface area (Å²) in [4.78, 5) is 7.66. The Labute approximate surface area is 433 Å². The normalized spacial score (nSPS) is 17.5. The summed E-state index contributed by atoms with van der Waals surface area (Å²) in [7, 11) is 0. The zero-order chi connectivity index (χ0) is 50.7. The van der Waals surface area contributed by atoms with Gasteiger partial charge in [0.25, 0.3) is 6.71 Å². The second kappa shape index (κ2) is 15.5. The zero-order valence-electron chi connectivity index (χ0n) is 45.0. The Bertz CT molecular complexity index is 3700. The van der Waals surface area contributed by atoms with E-state index >= 15 is 0 Å². The molecule has 73 heavy (non-hydrogen) atoms. The molecular weight excluding hydrogens is 886 g/mol. The van der Waals surface area contributed by atoms with E-state index in [4.69, 9.17) is 4.42 Å². The summed E-state index contributed by atoms with van der Waals surface area (Å²) in [5, 5.41) is 2.26. The Hall–Kier alpha value is -6.98. The summed E-state index contributed by atoms with van der Waals surface area (Å²) in [5.41, 5.74) is 25.1. The second-order valence-electron chi connectivity index (χ2n) is 25.7. The molecule has 0 atom stereocenters. The number of anilines is 9. The van der Waals surface area contributed by atoms with Crippen molar-refractivity contribution in [3.63, 3.8) is 0 Å². The third kappa shape index (κ3) is 7.00. The van der Waals surface area contributed by atoms with Crippen molar-refractivity contribution in [2.75, 3.05) is 14.7 Å². The zero-order valence-corrected chi connectivity index (χ0v) is 45.0. The molecule has 3 heterocycles. The van der Waals surface area contributed by atoms with Gasteiger partial charge in [0.05, 0.1) is 0 Å². The number of nitrogens with zero attached hydrogens (tertiary/aromatic N) is 3. The van der Waals surface area contributed by atoms with Gasteiger partial charge in [-0.25, -0.2) is 0 Å². The molecule has 4 aliphatic rings. The van der Waals surface area contributed by atoms with Crippen LogP contribution in [-0.2, 0) is 27.1 Å². The SMILES string of the molecule is Cc1cc2c3c(c1)N(c1ccc4c(c1)C(C)(C)CCC4(C)C)c1cc4c(cc1B3c1ccc(N(c3ccccc3)c3ccccc3)cc1N2c1ccc2oc3cc(C(C)(C)C)ccc3c2c1)C(C)(C)CC4(C)C. The monoisotopic (exact) mass is 954 g/mol. The van der Waals surface area contributed by atoms with Crippen molar-refractivity contribution in [3.05, 3.63) is 191 Å². The number of aryl methyl sites for hydroxylation is 1. The summed E-state index contributed by atoms with van der Waals surface area (Å²) in [6.07, 6.45) is 3.46. The van der Waals surface area contributed by atoms with E-state index in [2.05, 4.69) is 256 Å². The van der Waals surface area contributed by atoms with E-state index in [1.165, 1.54) is 91.0 Å². The first-order chi connectivity index (χ1) is 34.7. The summed E-state index contributed by atoms with van der Waals surface area (Å²) >= 11 is 0. The van der Waals surface area contributed by atoms with Crippen LogP contribution in [0.15, 0.2) is 162 Å². The Kier molecular flexibility index (Phi) is 9.75. The van der Waals surface area contributed by atoms with Crippen LogP contribution in [0.5, 0.6) is 0 Å². The molecule has 13 rings (SSSR count). The molecule has 0 N–H and O–H groups in total. The Morgan fingerprint density at radius 2 is 1.04 bits per heavy atom. The number of benzene rings is 8. The summed E-state index contributed by atoms with van der Waals surface area (Å²) in [5.74, 6) is 0. The van der Waals surface area contributed by atoms with Crippen LogP contribution < -0.4 is 31.1 Å². The molecule has 2 aliphatic heterocycles. The molecule has 8 aromatic carbocycles. The fourth-order valence-electron chi connectivity index (χ4n) is 14.0. The summed E-state index contributed by atoms with van der Waals surface area (Å²) < 4.78 is 6.70. The molecule has 0 fully saturated rings. The molecule has 364 valence electrons. The molecule has 1 aromatic heterocycles. The Morgan fingerprint density at radius 1 is 0.466 bits per heavy atom. The fraction of sp³-hybridized carbons (Fsp3) is 0.294. The molecule has 0 saturated carbocycles. The minimum atomic E-state index is -0.0221. The van der Waals surface area contributed by atoms with Gasteiger partial charge >= 0.3 is 0 Å². The van der Waals surface area contributed by atoms with E-state index in [0.29, 0.717) is 0 Å². The summed E-state index contributed by atoms with van der Waals surface area (Å²) in [6.45, 7) is 28.7. The van der Waals surface area contributed by atoms with Crippen LogP contribution in [0.3, 0.4) is 0 Å². The lowest BCUT2D eigenvalue weighted by atomic mass is 9.33. The number of para-hydroxylation sites is 2. The van der Waals surface area contributed by atoms with Gasteiger partial charge in [-0.2, -0.15) is 0 Å². The molecule has 2 aliphatic carbocycles. The number of hydrogen-bond donors (Lipinski definition) is 0. The lowest BCUT2D eigenvalue weighted by Crippen LogP contribution is -2.61. The lowest BCUT2D eigenvalue weighted by Gasteiger charge is -2.46. The van der Waals surface area contributed by atoms with Crippen LogP contribution in [0.2, 0.25) is 0 Å². The average Bonchev–Trinajstić information content (AvgIpc) is 3.81. The minimum Gasteiger partial charge on any atom is -0.456 e. The highest BCUT2D eigenvalue weighted by molar-refractivity contribution is 7.00. The number of furan rings is 1. The highest BCUT2D eigenvalue weighted by atomic mass is 16.3. The fourth-order valence-corrected chi connectivity index (χ4v) is 14.0. The first-order valence-electron chi connectivity index (χ1n) is 26.8. The van der Waals surface area contributed by atoms with E-state index in [-0.39, 0.29) is 33.8 Å². The van der Waals surface area contributed by atoms with Gasteiger partial charge in [0, 0.05) is 62.0 Å². The van der Waals surface area contributed by atoms with Gasteiger partial charge < -0.3 is 19.1 Å². The molecule has 4 nitrogen and oxygen atoms in total. The van der Waals surface area contributed by atoms with Gasteiger partial charge in [0.15, 0.2) is 0 Å². The standard InChI is InChI=1S/C68H68BN3O/c1-42-33-59-63-60(34-42)72(47-24-28-51-52(37-47)66(7,8)32-31-65(51,5)6)58-40-54-53(67(9,10)41-68(54,11)12)39-56(58)69(63)55-29-25-48(70(44-19-15-13-16-20-44)45-21-17-14-18-22-45)38-57(55)71(59)46-26-30-61-50(36-46)49-27-23-43(64(2,3)4)35-62(49)73-61/h13-30,33-40H,31-32,41H2,1-12H3. The van der Waals surface area contributed by atoms with Gasteiger partial charge in [0.1, 0.15) is 11.2 Å². The van der Waals surface area contributed by atoms with Gasteiger partial charge in [0.2, 0.25) is 0 Å². The van der Waals surface area contributed by atoms with Crippen LogP contribution in [-0.4, -0.2) is 6.71 Å². The molecule has 5 heteroatoms. The van der Waals surface area contributed by atoms with Crippen molar-refractivity contribution in [1.29, 1.82) is 0 Å². The third-order valence-electron chi connectivity index (χ3n) is 17.6. The van der Waals surface area contributed by atoms with Crippen molar-refractivity contribution in [2.45, 2.75) is 129 Å². The van der Waals surface area contributed by atoms with Crippen molar-refractivity contribution in [3.8, 4) is 0 Å². The average molecular weight is 954 g/mol. The van der Waals surface area contributed by atoms with Gasteiger partial charge in [-0.3, -0.25) is 0 Å². The maximum Gasteiger partial charge on any atom is 0.252 e. The minimum absolute atomic E-state index is 0.00611. The van der Waals surface area contributed by atoms with Crippen LogP contribution in [0.4, 0.5) is 51.2 Å². The third-order valence-corrected chi connectivity index (χ3v) is 17.6. The van der Waals surface area contributed by atoms with Gasteiger partial charge in [-0.1, -0.05) is 143 Å². The Balaban J connectivity index is 1.11. The molecule has 0 unspecified atom stereocenters. The molecule has 9 aromatic rings. The molecule has 0 spiro atoms. The maximum atomic E-state index is 6.70. The van der Waals surface area contributed by atoms with Crippen LogP contribution >= 0.6 is 0 Å². The van der Waals surface area contributed by atoms with Gasteiger partial charge in [-0.15, -0.1) is 0 Å². The van der Waals surface area contributed by atoms with E-state index in [0.717, 1.165) is 51.1 Å². The van der Waals surface area contributed by atoms with E-state index in [9.17, 15) is 0 Å². The van der Waals surface area contributed by atoms with Crippen molar-refractivity contribution < 1.29 is 4.42 Å². The van der Waals surface area contributed by atoms with Crippen LogP contribution in [0, 0.1) is 6.92 Å². The lowest BCUT2D eigenvalue weighted by molar-refractivity contribution is 0.332. The van der Waals surface area contributed by atoms with E-state index in [1.54, 1.807) is 0 Å². The molecule has 0 amide bonds. The quantitative estimate of drug-likeness (QED) is 0.160. The molecular formula is C68H68BN3O. The predicted molar refractivity (Wildman–Crippen MR) is 312 cm³/mol. The predicted octanol–water partition coefficient (Wildman–Crippen LogP) is 17.1. The first-order valence-corrected chi connectivity index (χ1v) is 26.8. The van der Waals surface area contributed by atoms with E-state index < -0.39 is 0 Å². The maximum absolute atomic E-state index is 6.70. The Morgan fingerprint density at radius 3 is 1.68 bits per heavy atom. The van der Waals surface area contributed by atoms with Crippen molar-refractivity contribution >= 4 is 96.2 Å². The van der Waals surface area contributed by atoms with Crippen molar-refractivity contribution in [1.82, 2.24) is 0 Å². The number of rotatable bonds is 5. The van der Waals surface area contributed by atoms with Crippen LogP contribution in [0.1, 0.15) is 129 Å². The van der Waals surface area contributed by atoms with E-state index in [1.807, 2.05) is 0 Å². The van der Waals surface area contributed by atoms with Crippen LogP contribution in [0.25, 0.3) is 21.9 Å². The smallest absolute Gasteiger partial charge is 0.252 e. The second-order valence-corrected chi connectivity index (χ2v) is 25.7. The van der Waals surface area contributed by atoms with Crippen molar-refractivity contribution in [2.24, 2.45) is 0 Å². The first kappa shape index (κ1) is 45.9. The topological polar surface area (TPSA) is 22.9 Å². The summed E-state index contributed by atoms with van der Waals surface area (Å²) in [6, 6.07) is 60.3. The highest BCUT2D eigenvalue weighted by Gasteiger charge is 2.49.